The van der Waals surface area contributed by atoms with Gasteiger partial charge in [-0.1, -0.05) is 50.5 Å². The summed E-state index contributed by atoms with van der Waals surface area (Å²) in [6.07, 6.45) is 4.99. The van der Waals surface area contributed by atoms with Crippen LogP contribution in [0.2, 0.25) is 0 Å². The van der Waals surface area contributed by atoms with Crippen LogP contribution in [0.1, 0.15) is 50.2 Å². The third-order valence-corrected chi connectivity index (χ3v) is 4.10. The van der Waals surface area contributed by atoms with Crippen LogP contribution in [0.3, 0.4) is 0 Å². The van der Waals surface area contributed by atoms with Gasteiger partial charge in [0.1, 0.15) is 6.04 Å². The second kappa shape index (κ2) is 7.25. The summed E-state index contributed by atoms with van der Waals surface area (Å²) in [5, 5.41) is 9.40. The Morgan fingerprint density at radius 3 is 2.57 bits per heavy atom. The first-order valence-electron chi connectivity index (χ1n) is 7.72. The Labute approximate surface area is 125 Å². The van der Waals surface area contributed by atoms with E-state index in [-0.39, 0.29) is 5.91 Å². The number of hydrogen-bond acceptors (Lipinski definition) is 2. The fourth-order valence-corrected chi connectivity index (χ4v) is 2.85. The third kappa shape index (κ3) is 3.84. The third-order valence-electron chi connectivity index (χ3n) is 4.10. The molecule has 1 atom stereocenters. The van der Waals surface area contributed by atoms with E-state index in [1.807, 2.05) is 24.3 Å². The van der Waals surface area contributed by atoms with Gasteiger partial charge in [-0.3, -0.25) is 4.79 Å². The van der Waals surface area contributed by atoms with Crippen LogP contribution < -0.4 is 0 Å². The van der Waals surface area contributed by atoms with Crippen LogP contribution in [-0.2, 0) is 22.6 Å². The SMILES string of the molecule is CCCCCCC(=O)N1Cc2ccccc2C[C@H]1C(=O)O. The molecule has 0 spiro atoms. The van der Waals surface area contributed by atoms with E-state index in [0.717, 1.165) is 36.8 Å². The van der Waals surface area contributed by atoms with Gasteiger partial charge < -0.3 is 10.0 Å². The number of rotatable bonds is 6. The molecule has 0 aromatic heterocycles. The lowest BCUT2D eigenvalue weighted by atomic mass is 9.93. The number of amides is 1. The van der Waals surface area contributed by atoms with Crippen LogP contribution in [0.5, 0.6) is 0 Å². The molecule has 1 aliphatic heterocycles. The molecule has 0 saturated carbocycles. The molecular formula is C17H23NO3. The fraction of sp³-hybridized carbons (Fsp3) is 0.529. The molecule has 0 unspecified atom stereocenters. The van der Waals surface area contributed by atoms with Crippen LogP contribution in [0, 0.1) is 0 Å². The number of unbranched alkanes of at least 4 members (excludes halogenated alkanes) is 3. The van der Waals surface area contributed by atoms with Crippen molar-refractivity contribution in [3.8, 4) is 0 Å². The van der Waals surface area contributed by atoms with Gasteiger partial charge in [0.15, 0.2) is 0 Å². The van der Waals surface area contributed by atoms with E-state index in [1.165, 1.54) is 4.90 Å². The highest BCUT2D eigenvalue weighted by Crippen LogP contribution is 2.24. The summed E-state index contributed by atoms with van der Waals surface area (Å²) in [5.41, 5.74) is 2.11. The largest absolute Gasteiger partial charge is 0.480 e. The molecule has 0 radical (unpaired) electrons. The molecule has 1 amide bonds. The molecule has 0 saturated heterocycles. The Morgan fingerprint density at radius 1 is 1.19 bits per heavy atom. The summed E-state index contributed by atoms with van der Waals surface area (Å²) < 4.78 is 0. The van der Waals surface area contributed by atoms with Gasteiger partial charge >= 0.3 is 5.97 Å². The number of carbonyl (C=O) groups excluding carboxylic acids is 1. The van der Waals surface area contributed by atoms with Crippen LogP contribution >= 0.6 is 0 Å². The standard InChI is InChI=1S/C17H23NO3/c1-2-3-4-5-10-16(19)18-12-14-9-7-6-8-13(14)11-15(18)17(20)21/h6-9,15H,2-5,10-12H2,1H3,(H,20,21)/t15-/m0/s1. The van der Waals surface area contributed by atoms with Gasteiger partial charge in [0.25, 0.3) is 0 Å². The van der Waals surface area contributed by atoms with E-state index in [0.29, 0.717) is 19.4 Å². The monoisotopic (exact) mass is 289 g/mol. The van der Waals surface area contributed by atoms with Crippen LogP contribution in [0.15, 0.2) is 24.3 Å². The molecule has 4 nitrogen and oxygen atoms in total. The summed E-state index contributed by atoms with van der Waals surface area (Å²) in [4.78, 5) is 25.3. The number of carboxylic acids is 1. The Morgan fingerprint density at radius 2 is 1.90 bits per heavy atom. The number of aliphatic carboxylic acids is 1. The summed E-state index contributed by atoms with van der Waals surface area (Å²) in [6, 6.07) is 7.06. The van der Waals surface area contributed by atoms with Gasteiger partial charge in [-0.2, -0.15) is 0 Å². The number of fused-ring (bicyclic) bond motifs is 1. The predicted molar refractivity (Wildman–Crippen MR) is 80.9 cm³/mol. The van der Waals surface area contributed by atoms with Gasteiger partial charge in [0.05, 0.1) is 0 Å². The second-order valence-corrected chi connectivity index (χ2v) is 5.66. The Kier molecular flexibility index (Phi) is 5.37. The maximum Gasteiger partial charge on any atom is 0.326 e. The molecule has 114 valence electrons. The van der Waals surface area contributed by atoms with E-state index >= 15 is 0 Å². The number of hydrogen-bond donors (Lipinski definition) is 1. The van der Waals surface area contributed by atoms with Gasteiger partial charge in [-0.25, -0.2) is 4.79 Å². The zero-order chi connectivity index (χ0) is 15.2. The number of benzene rings is 1. The zero-order valence-corrected chi connectivity index (χ0v) is 12.5. The highest BCUT2D eigenvalue weighted by molar-refractivity contribution is 5.84. The number of carbonyl (C=O) groups is 2. The molecule has 1 aliphatic rings. The summed E-state index contributed by atoms with van der Waals surface area (Å²) in [5.74, 6) is -0.945. The lowest BCUT2D eigenvalue weighted by Gasteiger charge is -2.34. The van der Waals surface area contributed by atoms with Crippen molar-refractivity contribution in [2.24, 2.45) is 0 Å². The molecule has 1 aromatic rings. The second-order valence-electron chi connectivity index (χ2n) is 5.66. The molecule has 2 rings (SSSR count). The minimum atomic E-state index is -0.911. The quantitative estimate of drug-likeness (QED) is 0.819. The summed E-state index contributed by atoms with van der Waals surface area (Å²) in [6.45, 7) is 2.55. The zero-order valence-electron chi connectivity index (χ0n) is 12.5. The first-order valence-corrected chi connectivity index (χ1v) is 7.72. The smallest absolute Gasteiger partial charge is 0.326 e. The van der Waals surface area contributed by atoms with Crippen LogP contribution in [0.4, 0.5) is 0 Å². The Balaban J connectivity index is 2.06. The molecule has 21 heavy (non-hydrogen) atoms. The highest BCUT2D eigenvalue weighted by Gasteiger charge is 2.33. The average molecular weight is 289 g/mol. The summed E-state index contributed by atoms with van der Waals surface area (Å²) in [7, 11) is 0. The summed E-state index contributed by atoms with van der Waals surface area (Å²) >= 11 is 0. The molecule has 1 aromatic carbocycles. The van der Waals surface area contributed by atoms with E-state index in [9.17, 15) is 14.7 Å². The fourth-order valence-electron chi connectivity index (χ4n) is 2.85. The van der Waals surface area contributed by atoms with Gasteiger partial charge in [0, 0.05) is 19.4 Å². The van der Waals surface area contributed by atoms with E-state index in [2.05, 4.69) is 6.92 Å². The first kappa shape index (κ1) is 15.5. The van der Waals surface area contributed by atoms with Crippen molar-refractivity contribution in [1.29, 1.82) is 0 Å². The number of carboxylic acid groups (broad SMARTS) is 1. The molecule has 0 bridgehead atoms. The molecule has 4 heteroatoms. The van der Waals surface area contributed by atoms with Crippen LogP contribution in [0.25, 0.3) is 0 Å². The normalized spacial score (nSPS) is 17.4. The van der Waals surface area contributed by atoms with E-state index < -0.39 is 12.0 Å². The molecule has 0 fully saturated rings. The minimum absolute atomic E-state index is 0.0343. The van der Waals surface area contributed by atoms with Crippen molar-refractivity contribution in [2.45, 2.75) is 58.0 Å². The average Bonchev–Trinajstić information content (AvgIpc) is 2.50. The lowest BCUT2D eigenvalue weighted by molar-refractivity contribution is -0.151. The maximum absolute atomic E-state index is 12.3. The molecule has 1 heterocycles. The Hall–Kier alpha value is -1.84. The van der Waals surface area contributed by atoms with Gasteiger partial charge in [0.2, 0.25) is 5.91 Å². The Bertz CT molecular complexity index is 513. The van der Waals surface area contributed by atoms with Crippen molar-refractivity contribution >= 4 is 11.9 Å². The van der Waals surface area contributed by atoms with Crippen molar-refractivity contribution < 1.29 is 14.7 Å². The van der Waals surface area contributed by atoms with Crippen molar-refractivity contribution in [3.05, 3.63) is 35.4 Å². The molecule has 0 aliphatic carbocycles. The topological polar surface area (TPSA) is 57.6 Å². The van der Waals surface area contributed by atoms with E-state index in [1.54, 1.807) is 0 Å². The van der Waals surface area contributed by atoms with Gasteiger partial charge in [-0.05, 0) is 17.5 Å². The van der Waals surface area contributed by atoms with Crippen LogP contribution in [-0.4, -0.2) is 27.9 Å². The molecule has 1 N–H and O–H groups in total. The minimum Gasteiger partial charge on any atom is -0.480 e. The van der Waals surface area contributed by atoms with E-state index in [4.69, 9.17) is 0 Å². The number of nitrogens with zero attached hydrogens (tertiary/aromatic N) is 1. The molecular weight excluding hydrogens is 266 g/mol. The van der Waals surface area contributed by atoms with Crippen molar-refractivity contribution in [3.63, 3.8) is 0 Å². The maximum atomic E-state index is 12.3. The van der Waals surface area contributed by atoms with Crippen molar-refractivity contribution in [2.75, 3.05) is 0 Å². The highest BCUT2D eigenvalue weighted by atomic mass is 16.4. The first-order chi connectivity index (χ1) is 10.1. The van der Waals surface area contributed by atoms with Gasteiger partial charge in [-0.15, -0.1) is 0 Å². The predicted octanol–water partition coefficient (Wildman–Crippen LogP) is 2.99. The van der Waals surface area contributed by atoms with Crippen molar-refractivity contribution in [1.82, 2.24) is 4.90 Å². The lowest BCUT2D eigenvalue weighted by Crippen LogP contribution is -2.48.